The van der Waals surface area contributed by atoms with Crippen molar-refractivity contribution in [2.75, 3.05) is 5.43 Å². The highest BCUT2D eigenvalue weighted by atomic mass is 15.4. The van der Waals surface area contributed by atoms with E-state index in [1.54, 1.807) is 0 Å². The van der Waals surface area contributed by atoms with Gasteiger partial charge in [0.15, 0.2) is 17.4 Å². The number of amidine groups is 2. The van der Waals surface area contributed by atoms with Crippen LogP contribution >= 0.6 is 0 Å². The van der Waals surface area contributed by atoms with Crippen molar-refractivity contribution in [3.05, 3.63) is 29.8 Å². The van der Waals surface area contributed by atoms with Crippen molar-refractivity contribution in [1.82, 2.24) is 0 Å². The average molecular weight is 244 g/mol. The molecule has 18 heavy (non-hydrogen) atoms. The van der Waals surface area contributed by atoms with Crippen molar-refractivity contribution < 1.29 is 0 Å². The molecule has 94 valence electrons. The summed E-state index contributed by atoms with van der Waals surface area (Å²) in [7, 11) is 0. The van der Waals surface area contributed by atoms with Crippen LogP contribution in [0, 0.1) is 0 Å². The van der Waals surface area contributed by atoms with Gasteiger partial charge in [-0.15, -0.1) is 10.2 Å². The van der Waals surface area contributed by atoms with Gasteiger partial charge in [-0.2, -0.15) is 5.10 Å². The van der Waals surface area contributed by atoms with Crippen molar-refractivity contribution >= 4 is 23.1 Å². The lowest BCUT2D eigenvalue weighted by molar-refractivity contribution is 0.922. The summed E-state index contributed by atoms with van der Waals surface area (Å²) in [6.07, 6.45) is 2.21. The van der Waals surface area contributed by atoms with Crippen LogP contribution in [0.15, 0.2) is 39.6 Å². The number of aryl methyl sites for hydroxylation is 1. The van der Waals surface area contributed by atoms with E-state index in [-0.39, 0.29) is 11.7 Å². The van der Waals surface area contributed by atoms with Crippen LogP contribution < -0.4 is 16.9 Å². The zero-order chi connectivity index (χ0) is 13.0. The Morgan fingerprint density at radius 3 is 2.28 bits per heavy atom. The van der Waals surface area contributed by atoms with Crippen LogP contribution in [0.5, 0.6) is 0 Å². The Hall–Kier alpha value is -2.37. The number of nitrogens with zero attached hydrogens (tertiary/aromatic N) is 3. The van der Waals surface area contributed by atoms with E-state index in [1.807, 2.05) is 12.1 Å². The van der Waals surface area contributed by atoms with E-state index in [2.05, 4.69) is 39.8 Å². The average Bonchev–Trinajstić information content (AvgIpc) is 2.69. The number of anilines is 1. The van der Waals surface area contributed by atoms with E-state index in [0.29, 0.717) is 5.71 Å². The summed E-state index contributed by atoms with van der Waals surface area (Å²) in [6.45, 7) is 2.16. The molecule has 0 bridgehead atoms. The topological polar surface area (TPSA) is 101 Å². The monoisotopic (exact) mass is 244 g/mol. The zero-order valence-corrected chi connectivity index (χ0v) is 10.2. The Kier molecular flexibility index (Phi) is 3.57. The quantitative estimate of drug-likeness (QED) is 0.690. The minimum absolute atomic E-state index is 0.225. The number of hydrazone groups is 1. The summed E-state index contributed by atoms with van der Waals surface area (Å²) < 4.78 is 0. The number of nitrogens with one attached hydrogen (secondary N) is 1. The molecule has 6 heteroatoms. The van der Waals surface area contributed by atoms with Gasteiger partial charge in [0.05, 0.1) is 5.69 Å². The number of nitrogens with two attached hydrogens (primary N) is 2. The minimum Gasteiger partial charge on any atom is -0.380 e. The molecule has 1 heterocycles. The third-order valence-corrected chi connectivity index (χ3v) is 2.54. The molecule has 0 fully saturated rings. The maximum absolute atomic E-state index is 5.58. The third-order valence-electron chi connectivity index (χ3n) is 2.54. The van der Waals surface area contributed by atoms with Gasteiger partial charge in [-0.3, -0.25) is 5.43 Å². The minimum atomic E-state index is 0.225. The highest BCUT2D eigenvalue weighted by molar-refractivity contribution is 6.68. The molecular weight excluding hydrogens is 228 g/mol. The molecule has 6 nitrogen and oxygen atoms in total. The number of benzene rings is 1. The molecule has 1 aliphatic rings. The molecule has 2 rings (SSSR count). The van der Waals surface area contributed by atoms with Gasteiger partial charge in [0.25, 0.3) is 0 Å². The van der Waals surface area contributed by atoms with Gasteiger partial charge in [0.1, 0.15) is 0 Å². The largest absolute Gasteiger partial charge is 0.380 e. The first-order valence-electron chi connectivity index (χ1n) is 5.80. The highest BCUT2D eigenvalue weighted by Crippen LogP contribution is 2.11. The predicted octanol–water partition coefficient (Wildman–Crippen LogP) is 1.05. The number of hydrogen-bond donors (Lipinski definition) is 3. The fraction of sp³-hybridized carbons (Fsp3) is 0.250. The molecule has 5 N–H and O–H groups in total. The van der Waals surface area contributed by atoms with Gasteiger partial charge < -0.3 is 11.5 Å². The van der Waals surface area contributed by atoms with Gasteiger partial charge in [-0.05, 0) is 24.1 Å². The summed E-state index contributed by atoms with van der Waals surface area (Å²) >= 11 is 0. The second kappa shape index (κ2) is 5.31. The molecule has 0 spiro atoms. The summed E-state index contributed by atoms with van der Waals surface area (Å²) in [4.78, 5) is 0. The van der Waals surface area contributed by atoms with Gasteiger partial charge in [-0.1, -0.05) is 25.5 Å². The molecule has 0 amide bonds. The van der Waals surface area contributed by atoms with Crippen LogP contribution in [0.3, 0.4) is 0 Å². The first-order chi connectivity index (χ1) is 8.70. The van der Waals surface area contributed by atoms with E-state index in [4.69, 9.17) is 11.5 Å². The zero-order valence-electron chi connectivity index (χ0n) is 10.2. The van der Waals surface area contributed by atoms with E-state index < -0.39 is 0 Å². The summed E-state index contributed by atoms with van der Waals surface area (Å²) in [5.41, 5.74) is 16.6. The summed E-state index contributed by atoms with van der Waals surface area (Å²) in [6, 6.07) is 8.06. The van der Waals surface area contributed by atoms with Crippen LogP contribution in [-0.4, -0.2) is 17.4 Å². The standard InChI is InChI=1S/C12H16N6/c1-2-3-8-4-6-9(7-5-8)15-16-10-11(13)17-18-12(10)14/h4-7,15H,2-3H2,1H3,(H4,13,14,16,17,18). The van der Waals surface area contributed by atoms with Gasteiger partial charge in [0.2, 0.25) is 0 Å². The molecule has 1 aliphatic heterocycles. The fourth-order valence-electron chi connectivity index (χ4n) is 1.60. The van der Waals surface area contributed by atoms with Crippen molar-refractivity contribution in [3.63, 3.8) is 0 Å². The van der Waals surface area contributed by atoms with Gasteiger partial charge in [0, 0.05) is 0 Å². The Labute approximate surface area is 105 Å². The SMILES string of the molecule is CCCc1ccc(NN=C2C(N)=NN=C2N)cc1. The molecule has 0 radical (unpaired) electrons. The molecule has 0 saturated carbocycles. The van der Waals surface area contributed by atoms with Crippen molar-refractivity contribution in [2.24, 2.45) is 26.8 Å². The first kappa shape index (κ1) is 12.1. The predicted molar refractivity (Wildman–Crippen MR) is 74.7 cm³/mol. The smallest absolute Gasteiger partial charge is 0.177 e. The number of rotatable bonds is 4. The van der Waals surface area contributed by atoms with E-state index in [9.17, 15) is 0 Å². The molecule has 1 aromatic carbocycles. The lowest BCUT2D eigenvalue weighted by Gasteiger charge is -2.04. The Balaban J connectivity index is 2.04. The molecule has 0 aromatic heterocycles. The van der Waals surface area contributed by atoms with Gasteiger partial charge >= 0.3 is 0 Å². The van der Waals surface area contributed by atoms with E-state index >= 15 is 0 Å². The molecular formula is C12H16N6. The van der Waals surface area contributed by atoms with Crippen LogP contribution in [0.4, 0.5) is 5.69 Å². The molecule has 0 unspecified atom stereocenters. The molecule has 0 aliphatic carbocycles. The second-order valence-corrected chi connectivity index (χ2v) is 3.99. The van der Waals surface area contributed by atoms with Crippen LogP contribution in [0.25, 0.3) is 0 Å². The van der Waals surface area contributed by atoms with Crippen LogP contribution in [0.2, 0.25) is 0 Å². The fourth-order valence-corrected chi connectivity index (χ4v) is 1.60. The normalized spacial score (nSPS) is 14.2. The van der Waals surface area contributed by atoms with Crippen molar-refractivity contribution in [1.29, 1.82) is 0 Å². The van der Waals surface area contributed by atoms with Crippen molar-refractivity contribution in [3.8, 4) is 0 Å². The lowest BCUT2D eigenvalue weighted by Crippen LogP contribution is -2.32. The van der Waals surface area contributed by atoms with Crippen LogP contribution in [-0.2, 0) is 6.42 Å². The number of hydrogen-bond acceptors (Lipinski definition) is 6. The highest BCUT2D eigenvalue weighted by Gasteiger charge is 2.16. The maximum Gasteiger partial charge on any atom is 0.177 e. The second-order valence-electron chi connectivity index (χ2n) is 3.99. The molecule has 1 aromatic rings. The van der Waals surface area contributed by atoms with Gasteiger partial charge in [-0.25, -0.2) is 0 Å². The lowest BCUT2D eigenvalue weighted by atomic mass is 10.1. The van der Waals surface area contributed by atoms with E-state index in [1.165, 1.54) is 5.56 Å². The Morgan fingerprint density at radius 1 is 1.11 bits per heavy atom. The Bertz CT molecular complexity index is 492. The Morgan fingerprint density at radius 2 is 1.72 bits per heavy atom. The summed E-state index contributed by atoms with van der Waals surface area (Å²) in [5, 5.41) is 11.4. The molecule has 0 atom stereocenters. The molecule has 0 saturated heterocycles. The summed E-state index contributed by atoms with van der Waals surface area (Å²) in [5.74, 6) is 0.449. The van der Waals surface area contributed by atoms with Crippen molar-refractivity contribution in [2.45, 2.75) is 19.8 Å². The maximum atomic E-state index is 5.58. The van der Waals surface area contributed by atoms with E-state index in [0.717, 1.165) is 18.5 Å². The first-order valence-corrected chi connectivity index (χ1v) is 5.80. The van der Waals surface area contributed by atoms with Crippen LogP contribution in [0.1, 0.15) is 18.9 Å². The third kappa shape index (κ3) is 2.65.